The lowest BCUT2D eigenvalue weighted by Gasteiger charge is -2.20. The van der Waals surface area contributed by atoms with Crippen molar-refractivity contribution in [2.45, 2.75) is 39.2 Å². The summed E-state index contributed by atoms with van der Waals surface area (Å²) in [6.45, 7) is 5.55. The fourth-order valence-electron chi connectivity index (χ4n) is 4.98. The topological polar surface area (TPSA) is 66.8 Å². The Hall–Kier alpha value is -5.10. The van der Waals surface area contributed by atoms with E-state index in [1.165, 1.54) is 11.7 Å². The molecule has 0 atom stereocenters. The van der Waals surface area contributed by atoms with Crippen molar-refractivity contribution in [3.63, 3.8) is 0 Å². The van der Waals surface area contributed by atoms with Gasteiger partial charge in [-0.1, -0.05) is 66.7 Å². The van der Waals surface area contributed by atoms with Crippen molar-refractivity contribution in [1.29, 1.82) is 0 Å². The third-order valence-corrected chi connectivity index (χ3v) is 6.92. The lowest BCUT2D eigenvalue weighted by atomic mass is 9.87. The number of carbonyl (C=O) groups excluding carboxylic acids is 2. The Labute approximate surface area is 252 Å². The Morgan fingerprint density at radius 1 is 0.698 bits per heavy atom. The normalized spacial score (nSPS) is 12.0. The summed E-state index contributed by atoms with van der Waals surface area (Å²) >= 11 is 0. The van der Waals surface area contributed by atoms with E-state index in [9.17, 15) is 9.59 Å². The van der Waals surface area contributed by atoms with Gasteiger partial charge in [0.1, 0.15) is 17.1 Å². The first-order valence-corrected chi connectivity index (χ1v) is 14.3. The van der Waals surface area contributed by atoms with E-state index in [0.29, 0.717) is 6.42 Å². The standard InChI is InChI=1S/C37H35NO5/c1-37(2,3)43-36(40)38-24-23-28-25-29(17-21-33(28)38)35(32(20-22-34(39)41-4)26-11-7-5-8-12-26)27-15-18-31(19-16-27)42-30-13-9-6-10-14-30/h5-19,21,23-25H,20,22H2,1-4H3/b35-32-. The molecule has 0 aliphatic rings. The molecule has 0 radical (unpaired) electrons. The van der Waals surface area contributed by atoms with Gasteiger partial charge in [-0.2, -0.15) is 0 Å². The van der Waals surface area contributed by atoms with Crippen LogP contribution in [0.15, 0.2) is 115 Å². The molecule has 0 spiro atoms. The molecule has 0 aliphatic heterocycles. The fraction of sp³-hybridized carbons (Fsp3) is 0.189. The number of allylic oxidation sites excluding steroid dienone is 1. The molecule has 0 bridgehead atoms. The van der Waals surface area contributed by atoms with Crippen LogP contribution in [0.2, 0.25) is 0 Å². The van der Waals surface area contributed by atoms with Gasteiger partial charge in [-0.25, -0.2) is 4.79 Å². The molecular weight excluding hydrogens is 538 g/mol. The van der Waals surface area contributed by atoms with Crippen molar-refractivity contribution in [2.75, 3.05) is 7.11 Å². The minimum absolute atomic E-state index is 0.233. The molecule has 5 rings (SSSR count). The molecule has 6 nitrogen and oxygen atoms in total. The van der Waals surface area contributed by atoms with Gasteiger partial charge in [-0.15, -0.1) is 0 Å². The number of fused-ring (bicyclic) bond motifs is 1. The van der Waals surface area contributed by atoms with Gasteiger partial charge in [0.25, 0.3) is 0 Å². The highest BCUT2D eigenvalue weighted by Gasteiger charge is 2.21. The van der Waals surface area contributed by atoms with Crippen LogP contribution in [0.1, 0.15) is 50.3 Å². The summed E-state index contributed by atoms with van der Waals surface area (Å²) in [5.41, 5.74) is 5.06. The maximum atomic E-state index is 12.9. The Bertz CT molecular complexity index is 1740. The predicted octanol–water partition coefficient (Wildman–Crippen LogP) is 9.13. The summed E-state index contributed by atoms with van der Waals surface area (Å²) < 4.78 is 18.2. The van der Waals surface area contributed by atoms with Gasteiger partial charge in [0.05, 0.1) is 12.6 Å². The van der Waals surface area contributed by atoms with Crippen LogP contribution in [0.4, 0.5) is 4.79 Å². The van der Waals surface area contributed by atoms with Gasteiger partial charge in [-0.3, -0.25) is 9.36 Å². The largest absolute Gasteiger partial charge is 0.469 e. The first-order valence-electron chi connectivity index (χ1n) is 14.3. The maximum absolute atomic E-state index is 12.9. The van der Waals surface area contributed by atoms with Gasteiger partial charge >= 0.3 is 12.1 Å². The number of ether oxygens (including phenoxy) is 3. The number of hydrogen-bond donors (Lipinski definition) is 0. The number of para-hydroxylation sites is 1. The number of hydrogen-bond acceptors (Lipinski definition) is 5. The molecular formula is C37H35NO5. The fourth-order valence-corrected chi connectivity index (χ4v) is 4.98. The number of nitrogens with zero attached hydrogens (tertiary/aromatic N) is 1. The van der Waals surface area contributed by atoms with Crippen LogP contribution in [-0.4, -0.2) is 29.3 Å². The second-order valence-corrected chi connectivity index (χ2v) is 11.2. The molecule has 0 saturated carbocycles. The van der Waals surface area contributed by atoms with Crippen LogP contribution in [0.5, 0.6) is 11.5 Å². The summed E-state index contributed by atoms with van der Waals surface area (Å²) in [7, 11) is 1.41. The second-order valence-electron chi connectivity index (χ2n) is 11.2. The lowest BCUT2D eigenvalue weighted by molar-refractivity contribution is -0.140. The first-order chi connectivity index (χ1) is 20.7. The van der Waals surface area contributed by atoms with Gasteiger partial charge in [0, 0.05) is 18.0 Å². The molecule has 6 heteroatoms. The highest BCUT2D eigenvalue weighted by Crippen LogP contribution is 2.37. The number of rotatable bonds is 8. The minimum atomic E-state index is -0.607. The quantitative estimate of drug-likeness (QED) is 0.137. The molecule has 4 aromatic carbocycles. The van der Waals surface area contributed by atoms with Crippen molar-refractivity contribution in [2.24, 2.45) is 0 Å². The molecule has 0 saturated heterocycles. The second kappa shape index (κ2) is 12.8. The zero-order valence-corrected chi connectivity index (χ0v) is 24.9. The Kier molecular flexibility index (Phi) is 8.77. The molecule has 1 heterocycles. The van der Waals surface area contributed by atoms with Gasteiger partial charge in [0.2, 0.25) is 0 Å². The van der Waals surface area contributed by atoms with E-state index >= 15 is 0 Å². The van der Waals surface area contributed by atoms with Crippen LogP contribution >= 0.6 is 0 Å². The molecule has 0 unspecified atom stereocenters. The zero-order chi connectivity index (χ0) is 30.4. The van der Waals surface area contributed by atoms with Gasteiger partial charge in [0.15, 0.2) is 0 Å². The predicted molar refractivity (Wildman–Crippen MR) is 170 cm³/mol. The number of esters is 1. The SMILES string of the molecule is COC(=O)CC/C(=C(\c1ccc(Oc2ccccc2)cc1)c1ccc2c(ccn2C(=O)OC(C)(C)C)c1)c1ccccc1. The summed E-state index contributed by atoms with van der Waals surface area (Å²) in [6, 6.07) is 35.6. The monoisotopic (exact) mass is 573 g/mol. The maximum Gasteiger partial charge on any atom is 0.418 e. The zero-order valence-electron chi connectivity index (χ0n) is 24.9. The van der Waals surface area contributed by atoms with Crippen molar-refractivity contribution in [1.82, 2.24) is 4.57 Å². The highest BCUT2D eigenvalue weighted by atomic mass is 16.6. The van der Waals surface area contributed by atoms with E-state index < -0.39 is 11.7 Å². The molecule has 0 fully saturated rings. The highest BCUT2D eigenvalue weighted by molar-refractivity contribution is 6.01. The van der Waals surface area contributed by atoms with E-state index in [4.69, 9.17) is 14.2 Å². The average Bonchev–Trinajstić information content (AvgIpc) is 3.43. The van der Waals surface area contributed by atoms with Crippen molar-refractivity contribution >= 4 is 34.1 Å². The Morgan fingerprint density at radius 3 is 1.98 bits per heavy atom. The van der Waals surface area contributed by atoms with Crippen LogP contribution in [0.25, 0.3) is 22.0 Å². The molecule has 5 aromatic rings. The smallest absolute Gasteiger partial charge is 0.418 e. The van der Waals surface area contributed by atoms with Crippen molar-refractivity contribution in [3.05, 3.63) is 132 Å². The number of carbonyl (C=O) groups is 2. The molecule has 0 N–H and O–H groups in total. The lowest BCUT2D eigenvalue weighted by Crippen LogP contribution is -2.26. The molecule has 218 valence electrons. The molecule has 1 aromatic heterocycles. The van der Waals surface area contributed by atoms with Crippen LogP contribution in [0, 0.1) is 0 Å². The van der Waals surface area contributed by atoms with E-state index in [1.54, 1.807) is 6.20 Å². The molecule has 0 amide bonds. The molecule has 0 aliphatic carbocycles. The number of methoxy groups -OCH3 is 1. The van der Waals surface area contributed by atoms with E-state index in [-0.39, 0.29) is 12.4 Å². The summed E-state index contributed by atoms with van der Waals surface area (Å²) in [4.78, 5) is 25.2. The summed E-state index contributed by atoms with van der Waals surface area (Å²) in [6.07, 6.45) is 2.02. The van der Waals surface area contributed by atoms with Gasteiger partial charge < -0.3 is 14.2 Å². The van der Waals surface area contributed by atoms with E-state index in [0.717, 1.165) is 50.2 Å². The third kappa shape index (κ3) is 7.22. The van der Waals surface area contributed by atoms with Crippen molar-refractivity contribution in [3.8, 4) is 11.5 Å². The number of benzene rings is 4. The third-order valence-electron chi connectivity index (χ3n) is 6.92. The van der Waals surface area contributed by atoms with Gasteiger partial charge in [-0.05, 0) is 97.5 Å². The van der Waals surface area contributed by atoms with Crippen LogP contribution < -0.4 is 4.74 Å². The number of aromatic nitrogens is 1. The van der Waals surface area contributed by atoms with E-state index in [1.807, 2.05) is 112 Å². The average molecular weight is 574 g/mol. The molecule has 43 heavy (non-hydrogen) atoms. The van der Waals surface area contributed by atoms with E-state index in [2.05, 4.69) is 18.2 Å². The Balaban J connectivity index is 1.63. The Morgan fingerprint density at radius 2 is 1.33 bits per heavy atom. The van der Waals surface area contributed by atoms with Crippen LogP contribution in [-0.2, 0) is 14.3 Å². The van der Waals surface area contributed by atoms with Crippen molar-refractivity contribution < 1.29 is 23.8 Å². The minimum Gasteiger partial charge on any atom is -0.469 e. The van der Waals surface area contributed by atoms with Crippen LogP contribution in [0.3, 0.4) is 0 Å². The first kappa shape index (κ1) is 29.4. The summed E-state index contributed by atoms with van der Waals surface area (Å²) in [5.74, 6) is 1.20. The summed E-state index contributed by atoms with van der Waals surface area (Å²) in [5, 5.41) is 0.894.